The van der Waals surface area contributed by atoms with E-state index in [9.17, 15) is 18.0 Å². The molecule has 1 heterocycles. The Balaban J connectivity index is 2.34. The van der Waals surface area contributed by atoms with Gasteiger partial charge in [0.25, 0.3) is 0 Å². The third-order valence-corrected chi connectivity index (χ3v) is 6.81. The van der Waals surface area contributed by atoms with E-state index < -0.39 is 15.4 Å². The minimum atomic E-state index is -3.89. The molecule has 0 fully saturated rings. The summed E-state index contributed by atoms with van der Waals surface area (Å²) in [4.78, 5) is 28.3. The van der Waals surface area contributed by atoms with Gasteiger partial charge in [0, 0.05) is 25.4 Å². The molecule has 2 amide bonds. The smallest absolute Gasteiger partial charge is 0.244 e. The Morgan fingerprint density at radius 2 is 1.87 bits per heavy atom. The molecular formula is C20H28N4O5S2. The summed E-state index contributed by atoms with van der Waals surface area (Å²) >= 11 is 1.27. The fraction of sp³-hybridized carbons (Fsp3) is 0.450. The van der Waals surface area contributed by atoms with Crippen molar-refractivity contribution in [3.8, 4) is 16.2 Å². The Morgan fingerprint density at radius 1 is 1.19 bits per heavy atom. The van der Waals surface area contributed by atoms with Gasteiger partial charge < -0.3 is 15.4 Å². The Hall–Kier alpha value is -2.50. The zero-order valence-corrected chi connectivity index (χ0v) is 20.1. The number of carbonyl (C=O) groups excluding carboxylic acids is 2. The molecule has 2 rings (SSSR count). The maximum absolute atomic E-state index is 12.8. The highest BCUT2D eigenvalue weighted by Crippen LogP contribution is 2.36. The summed E-state index contributed by atoms with van der Waals surface area (Å²) in [5.74, 6) is -0.206. The van der Waals surface area contributed by atoms with Gasteiger partial charge in [0.05, 0.1) is 17.7 Å². The number of hydrogen-bond acceptors (Lipinski definition) is 7. The number of methoxy groups -OCH3 is 1. The van der Waals surface area contributed by atoms with Gasteiger partial charge in [0.15, 0.2) is 5.13 Å². The molecule has 0 bridgehead atoms. The lowest BCUT2D eigenvalue weighted by atomic mass is 9.96. The normalized spacial score (nSPS) is 11.8. The van der Waals surface area contributed by atoms with E-state index in [-0.39, 0.29) is 35.5 Å². The highest BCUT2D eigenvalue weighted by Gasteiger charge is 2.24. The molecule has 3 N–H and O–H groups in total. The maximum atomic E-state index is 12.8. The largest absolute Gasteiger partial charge is 0.495 e. The van der Waals surface area contributed by atoms with E-state index in [0.717, 1.165) is 4.88 Å². The Kier molecular flexibility index (Phi) is 7.79. The van der Waals surface area contributed by atoms with Crippen molar-refractivity contribution in [3.63, 3.8) is 0 Å². The second kappa shape index (κ2) is 9.75. The van der Waals surface area contributed by atoms with Gasteiger partial charge >= 0.3 is 0 Å². The average molecular weight is 469 g/mol. The first-order chi connectivity index (χ1) is 14.3. The fourth-order valence-corrected chi connectivity index (χ4v) is 4.71. The number of thiazole rings is 1. The molecule has 11 heteroatoms. The molecular weight excluding hydrogens is 440 g/mol. The van der Waals surface area contributed by atoms with Crippen molar-refractivity contribution in [2.45, 2.75) is 39.5 Å². The number of carbonyl (C=O) groups is 2. The quantitative estimate of drug-likeness (QED) is 0.511. The fourth-order valence-electron chi connectivity index (χ4n) is 2.53. The summed E-state index contributed by atoms with van der Waals surface area (Å²) in [7, 11) is -2.50. The van der Waals surface area contributed by atoms with Crippen LogP contribution < -0.4 is 20.1 Å². The second-order valence-corrected chi connectivity index (χ2v) is 10.6. The van der Waals surface area contributed by atoms with E-state index >= 15 is 0 Å². The summed E-state index contributed by atoms with van der Waals surface area (Å²) in [6.45, 7) is 8.79. The van der Waals surface area contributed by atoms with Gasteiger partial charge in [-0.15, -0.1) is 0 Å². The standard InChI is InChI=1S/C20H28N4O5S2/c1-12-17(30-19(23-12)24-18(26)20(3,4)5)14-7-8-15(29-6)16(11-14)31(27,28)22-10-9-21-13(2)25/h7-8,11,22H,9-10H2,1-6H3,(H,21,25)(H,23,24,26). The topological polar surface area (TPSA) is 126 Å². The molecule has 2 aromatic rings. The SMILES string of the molecule is COc1ccc(-c2sc(NC(=O)C(C)(C)C)nc2C)cc1S(=O)(=O)NCCNC(C)=O. The van der Waals surface area contributed by atoms with Crippen LogP contribution in [0.5, 0.6) is 5.75 Å². The summed E-state index contributed by atoms with van der Waals surface area (Å²) in [6.07, 6.45) is 0. The van der Waals surface area contributed by atoms with Gasteiger partial charge in [-0.25, -0.2) is 18.1 Å². The van der Waals surface area contributed by atoms with Crippen molar-refractivity contribution in [1.82, 2.24) is 15.0 Å². The number of hydrogen-bond donors (Lipinski definition) is 3. The van der Waals surface area contributed by atoms with Gasteiger partial charge in [0.1, 0.15) is 10.6 Å². The minimum Gasteiger partial charge on any atom is -0.495 e. The van der Waals surface area contributed by atoms with Crippen LogP contribution in [-0.4, -0.2) is 45.4 Å². The molecule has 0 aliphatic carbocycles. The van der Waals surface area contributed by atoms with Crippen LogP contribution in [0, 0.1) is 12.3 Å². The van der Waals surface area contributed by atoms with E-state index in [0.29, 0.717) is 16.4 Å². The molecule has 170 valence electrons. The van der Waals surface area contributed by atoms with E-state index in [1.165, 1.54) is 31.4 Å². The van der Waals surface area contributed by atoms with Crippen LogP contribution in [-0.2, 0) is 19.6 Å². The number of sulfonamides is 1. The predicted molar refractivity (Wildman–Crippen MR) is 121 cm³/mol. The average Bonchev–Trinajstić information content (AvgIpc) is 3.04. The number of anilines is 1. The van der Waals surface area contributed by atoms with Crippen molar-refractivity contribution < 1.29 is 22.7 Å². The van der Waals surface area contributed by atoms with Gasteiger partial charge in [0.2, 0.25) is 21.8 Å². The molecule has 0 saturated carbocycles. The summed E-state index contributed by atoms with van der Waals surface area (Å²) in [5, 5.41) is 5.78. The number of rotatable bonds is 8. The van der Waals surface area contributed by atoms with Crippen molar-refractivity contribution in [2.75, 3.05) is 25.5 Å². The molecule has 1 aromatic heterocycles. The molecule has 31 heavy (non-hydrogen) atoms. The molecule has 1 aromatic carbocycles. The first-order valence-corrected chi connectivity index (χ1v) is 11.9. The van der Waals surface area contributed by atoms with Crippen LogP contribution in [0.1, 0.15) is 33.4 Å². The molecule has 9 nitrogen and oxygen atoms in total. The van der Waals surface area contributed by atoms with E-state index in [1.807, 2.05) is 20.8 Å². The van der Waals surface area contributed by atoms with Gasteiger partial charge in [-0.2, -0.15) is 0 Å². The molecule has 0 unspecified atom stereocenters. The molecule has 0 spiro atoms. The predicted octanol–water partition coefficient (Wildman–Crippen LogP) is 2.53. The Labute approximate surface area is 186 Å². The molecule has 0 atom stereocenters. The number of benzene rings is 1. The van der Waals surface area contributed by atoms with Crippen LogP contribution in [0.3, 0.4) is 0 Å². The van der Waals surface area contributed by atoms with Gasteiger partial charge in [-0.1, -0.05) is 32.1 Å². The molecule has 0 aliphatic heterocycles. The zero-order chi connectivity index (χ0) is 23.4. The van der Waals surface area contributed by atoms with Crippen molar-refractivity contribution >= 4 is 38.3 Å². The lowest BCUT2D eigenvalue weighted by Gasteiger charge is -2.15. The van der Waals surface area contributed by atoms with Crippen LogP contribution in [0.25, 0.3) is 10.4 Å². The number of ether oxygens (including phenoxy) is 1. The van der Waals surface area contributed by atoms with E-state index in [4.69, 9.17) is 4.74 Å². The molecule has 0 saturated heterocycles. The maximum Gasteiger partial charge on any atom is 0.244 e. The first-order valence-electron chi connectivity index (χ1n) is 9.56. The number of aryl methyl sites for hydroxylation is 1. The number of nitrogens with zero attached hydrogens (tertiary/aromatic N) is 1. The van der Waals surface area contributed by atoms with Gasteiger partial charge in [-0.05, 0) is 30.7 Å². The summed E-state index contributed by atoms with van der Waals surface area (Å²) in [6, 6.07) is 4.82. The highest BCUT2D eigenvalue weighted by molar-refractivity contribution is 7.89. The third kappa shape index (κ3) is 6.49. The van der Waals surface area contributed by atoms with Crippen molar-refractivity contribution in [2.24, 2.45) is 5.41 Å². The third-order valence-electron chi connectivity index (χ3n) is 4.20. The monoisotopic (exact) mass is 468 g/mol. The minimum absolute atomic E-state index is 0.0246. The van der Waals surface area contributed by atoms with Crippen LogP contribution >= 0.6 is 11.3 Å². The van der Waals surface area contributed by atoms with Gasteiger partial charge in [-0.3, -0.25) is 9.59 Å². The van der Waals surface area contributed by atoms with E-state index in [1.54, 1.807) is 19.1 Å². The lowest BCUT2D eigenvalue weighted by Crippen LogP contribution is -2.33. The number of nitrogens with one attached hydrogen (secondary N) is 3. The summed E-state index contributed by atoms with van der Waals surface area (Å²) < 4.78 is 33.3. The van der Waals surface area contributed by atoms with Crippen LogP contribution in [0.4, 0.5) is 5.13 Å². The van der Waals surface area contributed by atoms with Crippen molar-refractivity contribution in [3.05, 3.63) is 23.9 Å². The van der Waals surface area contributed by atoms with Crippen LogP contribution in [0.2, 0.25) is 0 Å². The highest BCUT2D eigenvalue weighted by atomic mass is 32.2. The van der Waals surface area contributed by atoms with Crippen LogP contribution in [0.15, 0.2) is 23.1 Å². The molecule has 0 aliphatic rings. The van der Waals surface area contributed by atoms with E-state index in [2.05, 4.69) is 20.3 Å². The zero-order valence-electron chi connectivity index (χ0n) is 18.5. The second-order valence-electron chi connectivity index (χ2n) is 7.88. The number of aromatic nitrogens is 1. The summed E-state index contributed by atoms with van der Waals surface area (Å²) in [5.41, 5.74) is 0.736. The Morgan fingerprint density at radius 3 is 2.45 bits per heavy atom. The Bertz CT molecular complexity index is 1070. The van der Waals surface area contributed by atoms with Crippen molar-refractivity contribution in [1.29, 1.82) is 0 Å². The molecule has 0 radical (unpaired) electrons. The first kappa shape index (κ1) is 24.8. The number of amides is 2. The lowest BCUT2D eigenvalue weighted by molar-refractivity contribution is -0.123.